The fourth-order valence-electron chi connectivity index (χ4n) is 3.96. The first-order valence-corrected chi connectivity index (χ1v) is 8.73. The molecule has 130 valence electrons. The number of aromatic nitrogens is 1. The second-order valence-electron chi connectivity index (χ2n) is 6.87. The summed E-state index contributed by atoms with van der Waals surface area (Å²) in [7, 11) is 1.74. The van der Waals surface area contributed by atoms with Crippen molar-refractivity contribution in [1.82, 2.24) is 15.0 Å². The Morgan fingerprint density at radius 1 is 1.12 bits per heavy atom. The molecule has 25 heavy (non-hydrogen) atoms. The van der Waals surface area contributed by atoms with Crippen LogP contribution in [0.5, 0.6) is 0 Å². The van der Waals surface area contributed by atoms with E-state index in [-0.39, 0.29) is 18.5 Å². The number of hydrogen-bond acceptors (Lipinski definition) is 4. The first-order chi connectivity index (χ1) is 12.1. The highest BCUT2D eigenvalue weighted by atomic mass is 16.5. The lowest BCUT2D eigenvalue weighted by molar-refractivity contribution is -0.135. The highest BCUT2D eigenvalue weighted by molar-refractivity contribution is 6.06. The number of imide groups is 1. The van der Waals surface area contributed by atoms with Gasteiger partial charge >= 0.3 is 6.03 Å². The summed E-state index contributed by atoms with van der Waals surface area (Å²) in [4.78, 5) is 28.6. The van der Waals surface area contributed by atoms with Gasteiger partial charge in [-0.3, -0.25) is 9.69 Å². The van der Waals surface area contributed by atoms with Crippen LogP contribution in [-0.2, 0) is 11.3 Å². The zero-order chi connectivity index (χ0) is 17.4. The van der Waals surface area contributed by atoms with Gasteiger partial charge in [-0.15, -0.1) is 0 Å². The van der Waals surface area contributed by atoms with E-state index in [9.17, 15) is 9.59 Å². The van der Waals surface area contributed by atoms with Crippen molar-refractivity contribution in [3.63, 3.8) is 0 Å². The van der Waals surface area contributed by atoms with Crippen molar-refractivity contribution in [3.8, 4) is 11.3 Å². The Morgan fingerprint density at radius 2 is 1.84 bits per heavy atom. The maximum Gasteiger partial charge on any atom is 0.327 e. The molecule has 6 nitrogen and oxygen atoms in total. The molecule has 4 rings (SSSR count). The zero-order valence-corrected chi connectivity index (χ0v) is 14.3. The lowest BCUT2D eigenvalue weighted by Crippen LogP contribution is -2.49. The second kappa shape index (κ2) is 6.02. The minimum atomic E-state index is -0.655. The van der Waals surface area contributed by atoms with Gasteiger partial charge in [0.05, 0.1) is 6.54 Å². The summed E-state index contributed by atoms with van der Waals surface area (Å²) in [6.45, 7) is 0.129. The molecule has 3 amide bonds. The molecule has 2 aliphatic rings. The number of rotatable bonds is 3. The van der Waals surface area contributed by atoms with Crippen LogP contribution in [0.25, 0.3) is 11.3 Å². The van der Waals surface area contributed by atoms with Crippen LogP contribution in [0, 0.1) is 0 Å². The highest BCUT2D eigenvalue weighted by Gasteiger charge is 2.55. The van der Waals surface area contributed by atoms with Gasteiger partial charge in [-0.25, -0.2) is 4.79 Å². The van der Waals surface area contributed by atoms with Gasteiger partial charge in [-0.05, 0) is 12.8 Å². The van der Waals surface area contributed by atoms with Crippen molar-refractivity contribution in [3.05, 3.63) is 42.2 Å². The molecule has 1 saturated heterocycles. The summed E-state index contributed by atoms with van der Waals surface area (Å²) < 4.78 is 5.37. The molecule has 2 heterocycles. The van der Waals surface area contributed by atoms with Crippen LogP contribution in [0.15, 0.2) is 40.9 Å². The maximum absolute atomic E-state index is 13.0. The Bertz CT molecular complexity index is 793. The molecule has 1 spiro atoms. The molecule has 1 saturated carbocycles. The average molecular weight is 339 g/mol. The fraction of sp³-hybridized carbons (Fsp3) is 0.421. The smallest absolute Gasteiger partial charge is 0.327 e. The number of urea groups is 1. The number of carbonyl (C=O) groups excluding carboxylic acids is 2. The van der Waals surface area contributed by atoms with E-state index >= 15 is 0 Å². The van der Waals surface area contributed by atoms with E-state index in [0.29, 0.717) is 11.5 Å². The quantitative estimate of drug-likeness (QED) is 0.804. The maximum atomic E-state index is 13.0. The van der Waals surface area contributed by atoms with Crippen molar-refractivity contribution in [1.29, 1.82) is 0 Å². The lowest BCUT2D eigenvalue weighted by atomic mass is 9.81. The van der Waals surface area contributed by atoms with Gasteiger partial charge < -0.3 is 9.42 Å². The molecule has 2 aromatic rings. The van der Waals surface area contributed by atoms with Gasteiger partial charge in [0.2, 0.25) is 0 Å². The molecule has 0 N–H and O–H groups in total. The molecule has 0 unspecified atom stereocenters. The predicted molar refractivity (Wildman–Crippen MR) is 91.5 cm³/mol. The number of hydrogen-bond donors (Lipinski definition) is 0. The first-order valence-electron chi connectivity index (χ1n) is 8.73. The number of benzene rings is 1. The fourth-order valence-corrected chi connectivity index (χ4v) is 3.96. The monoisotopic (exact) mass is 339 g/mol. The average Bonchev–Trinajstić information content (AvgIpc) is 3.19. The molecule has 2 fully saturated rings. The lowest BCUT2D eigenvalue weighted by Gasteiger charge is -2.35. The minimum Gasteiger partial charge on any atom is -0.359 e. The van der Waals surface area contributed by atoms with Crippen LogP contribution in [0.1, 0.15) is 37.9 Å². The Morgan fingerprint density at radius 3 is 2.56 bits per heavy atom. The van der Waals surface area contributed by atoms with E-state index in [0.717, 1.165) is 37.7 Å². The van der Waals surface area contributed by atoms with Gasteiger partial charge in [-0.1, -0.05) is 54.8 Å². The van der Waals surface area contributed by atoms with Crippen LogP contribution in [0.3, 0.4) is 0 Å². The molecule has 1 aromatic heterocycles. The van der Waals surface area contributed by atoms with E-state index in [4.69, 9.17) is 4.52 Å². The zero-order valence-electron chi connectivity index (χ0n) is 14.3. The Labute approximate surface area is 146 Å². The number of carbonyl (C=O) groups is 2. The molecular weight excluding hydrogens is 318 g/mol. The minimum absolute atomic E-state index is 0.0997. The van der Waals surface area contributed by atoms with Crippen LogP contribution in [-0.4, -0.2) is 39.5 Å². The summed E-state index contributed by atoms with van der Waals surface area (Å²) in [5.74, 6) is 0.416. The van der Waals surface area contributed by atoms with E-state index in [2.05, 4.69) is 5.16 Å². The first kappa shape index (κ1) is 15.9. The van der Waals surface area contributed by atoms with E-state index in [1.807, 2.05) is 30.3 Å². The normalized spacial score (nSPS) is 19.9. The third kappa shape index (κ3) is 2.52. The summed E-state index contributed by atoms with van der Waals surface area (Å²) in [5, 5.41) is 4.06. The number of nitrogens with zero attached hydrogens (tertiary/aromatic N) is 3. The number of likely N-dealkylation sites (N-methyl/N-ethyl adjacent to an activating group) is 1. The molecule has 1 aliphatic carbocycles. The summed E-state index contributed by atoms with van der Waals surface area (Å²) in [6.07, 6.45) is 4.58. The molecule has 1 aliphatic heterocycles. The molecular formula is C19H21N3O3. The SMILES string of the molecule is CN1C(=O)N(Cc2cc(-c3ccccc3)no2)C(=O)C12CCCCC2. The highest BCUT2D eigenvalue weighted by Crippen LogP contribution is 2.40. The van der Waals surface area contributed by atoms with Gasteiger partial charge in [-0.2, -0.15) is 0 Å². The molecule has 0 radical (unpaired) electrons. The Hall–Kier alpha value is -2.63. The predicted octanol–water partition coefficient (Wildman–Crippen LogP) is 3.44. The van der Waals surface area contributed by atoms with Gasteiger partial charge in [0.25, 0.3) is 5.91 Å². The molecule has 6 heteroatoms. The van der Waals surface area contributed by atoms with Crippen molar-refractivity contribution in [2.75, 3.05) is 7.05 Å². The summed E-state index contributed by atoms with van der Waals surface area (Å²) in [6, 6.07) is 11.2. The third-order valence-electron chi connectivity index (χ3n) is 5.43. The van der Waals surface area contributed by atoms with E-state index < -0.39 is 5.54 Å². The molecule has 0 bridgehead atoms. The number of amides is 3. The van der Waals surface area contributed by atoms with E-state index in [1.165, 1.54) is 4.90 Å². The standard InChI is InChI=1S/C19H21N3O3/c1-21-18(24)22(17(23)19(21)10-6-3-7-11-19)13-15-12-16(20-25-15)14-8-4-2-5-9-14/h2,4-5,8-9,12H,3,6-7,10-11,13H2,1H3. The van der Waals surface area contributed by atoms with Crippen molar-refractivity contribution in [2.45, 2.75) is 44.2 Å². The van der Waals surface area contributed by atoms with E-state index in [1.54, 1.807) is 18.0 Å². The third-order valence-corrected chi connectivity index (χ3v) is 5.43. The van der Waals surface area contributed by atoms with Crippen LogP contribution in [0.2, 0.25) is 0 Å². The summed E-state index contributed by atoms with van der Waals surface area (Å²) >= 11 is 0. The largest absolute Gasteiger partial charge is 0.359 e. The van der Waals surface area contributed by atoms with Gasteiger partial charge in [0.15, 0.2) is 5.76 Å². The van der Waals surface area contributed by atoms with Crippen molar-refractivity contribution >= 4 is 11.9 Å². The summed E-state index contributed by atoms with van der Waals surface area (Å²) in [5.41, 5.74) is 0.991. The van der Waals surface area contributed by atoms with Crippen molar-refractivity contribution in [2.24, 2.45) is 0 Å². The van der Waals surface area contributed by atoms with Crippen molar-refractivity contribution < 1.29 is 14.1 Å². The van der Waals surface area contributed by atoms with Gasteiger partial charge in [0, 0.05) is 18.7 Å². The van der Waals surface area contributed by atoms with Crippen LogP contribution < -0.4 is 0 Å². The Kier molecular flexibility index (Phi) is 3.82. The Balaban J connectivity index is 1.56. The molecule has 1 aromatic carbocycles. The van der Waals surface area contributed by atoms with Crippen LogP contribution in [0.4, 0.5) is 4.79 Å². The second-order valence-corrected chi connectivity index (χ2v) is 6.87. The van der Waals surface area contributed by atoms with Gasteiger partial charge in [0.1, 0.15) is 11.2 Å². The van der Waals surface area contributed by atoms with Crippen LogP contribution >= 0.6 is 0 Å². The topological polar surface area (TPSA) is 66.7 Å². The molecule has 0 atom stereocenters.